The molecule has 0 spiro atoms. The number of sulfonamides is 1. The summed E-state index contributed by atoms with van der Waals surface area (Å²) in [6, 6.07) is 13.8. The van der Waals surface area contributed by atoms with Crippen molar-refractivity contribution in [2.45, 2.75) is 64.1 Å². The Bertz CT molecular complexity index is 1430. The molecule has 38 heavy (non-hydrogen) atoms. The molecule has 2 atom stereocenters. The zero-order valence-electron chi connectivity index (χ0n) is 22.3. The minimum absolute atomic E-state index is 0.153. The van der Waals surface area contributed by atoms with Crippen LogP contribution in [0.2, 0.25) is 0 Å². The summed E-state index contributed by atoms with van der Waals surface area (Å²) < 4.78 is 34.4. The van der Waals surface area contributed by atoms with Crippen molar-refractivity contribution in [3.05, 3.63) is 71.3 Å². The number of nitrogens with one attached hydrogen (secondary N) is 2. The number of benzene rings is 1. The highest BCUT2D eigenvalue weighted by Crippen LogP contribution is 2.45. The normalized spacial score (nSPS) is 20.4. The molecule has 1 aliphatic heterocycles. The van der Waals surface area contributed by atoms with E-state index in [-0.39, 0.29) is 12.1 Å². The smallest absolute Gasteiger partial charge is 0.229 e. The van der Waals surface area contributed by atoms with Crippen molar-refractivity contribution in [1.29, 1.82) is 0 Å². The van der Waals surface area contributed by atoms with E-state index in [1.54, 1.807) is 12.3 Å². The maximum Gasteiger partial charge on any atom is 0.229 e. The van der Waals surface area contributed by atoms with E-state index in [1.165, 1.54) is 56.2 Å². The molecule has 1 saturated heterocycles. The van der Waals surface area contributed by atoms with Gasteiger partial charge in [-0.15, -0.1) is 0 Å². The summed E-state index contributed by atoms with van der Waals surface area (Å²) in [6.45, 7) is 4.41. The summed E-state index contributed by atoms with van der Waals surface area (Å²) in [7, 11) is -1.94. The molecule has 202 valence electrons. The van der Waals surface area contributed by atoms with Gasteiger partial charge >= 0.3 is 0 Å². The van der Waals surface area contributed by atoms with Crippen LogP contribution in [0.25, 0.3) is 0 Å². The van der Waals surface area contributed by atoms with Crippen molar-refractivity contribution < 1.29 is 13.2 Å². The number of hydrogen-bond acceptors (Lipinski definition) is 5. The third-order valence-corrected chi connectivity index (χ3v) is 8.54. The average molecular weight is 554 g/mol. The lowest BCUT2D eigenvalue weighted by Crippen LogP contribution is -2.29. The maximum atomic E-state index is 11.9. The van der Waals surface area contributed by atoms with Crippen LogP contribution in [-0.2, 0) is 10.0 Å². The number of methoxy groups -OCH3 is 1. The molecule has 3 aromatic rings. The van der Waals surface area contributed by atoms with Gasteiger partial charge in [-0.3, -0.25) is 9.71 Å². The highest BCUT2D eigenvalue weighted by molar-refractivity contribution is 7.92. The Labute approximate surface area is 230 Å². The lowest BCUT2D eigenvalue weighted by molar-refractivity contribution is 0.345. The number of anilines is 2. The SMILES string of the molecule is COc1cc(N2C(=S)N[C@@H](c3ccccn3)[C@H]2c2cc(C)n(C3CCCCC3)c2C)ccc1NS(C)(=O)=O. The molecule has 2 N–H and O–H groups in total. The second-order valence-electron chi connectivity index (χ2n) is 10.2. The summed E-state index contributed by atoms with van der Waals surface area (Å²) in [5.74, 6) is 0.420. The number of nitrogens with zero attached hydrogens (tertiary/aromatic N) is 3. The zero-order valence-corrected chi connectivity index (χ0v) is 23.9. The minimum atomic E-state index is -3.46. The van der Waals surface area contributed by atoms with Crippen LogP contribution in [0.3, 0.4) is 0 Å². The Morgan fingerprint density at radius 3 is 2.53 bits per heavy atom. The van der Waals surface area contributed by atoms with Gasteiger partial charge in [0.25, 0.3) is 0 Å². The third-order valence-electron chi connectivity index (χ3n) is 7.64. The number of aryl methyl sites for hydroxylation is 1. The fourth-order valence-corrected chi connectivity index (χ4v) is 6.98. The average Bonchev–Trinajstić information content (AvgIpc) is 3.39. The van der Waals surface area contributed by atoms with Crippen LogP contribution in [0.4, 0.5) is 11.4 Å². The summed E-state index contributed by atoms with van der Waals surface area (Å²) in [5, 5.41) is 4.11. The minimum Gasteiger partial charge on any atom is -0.494 e. The number of aromatic nitrogens is 2. The van der Waals surface area contributed by atoms with Crippen molar-refractivity contribution in [2.75, 3.05) is 23.0 Å². The summed E-state index contributed by atoms with van der Waals surface area (Å²) in [4.78, 5) is 6.78. The molecule has 8 nitrogen and oxygen atoms in total. The Hall–Kier alpha value is -3.11. The molecule has 2 aliphatic rings. The highest BCUT2D eigenvalue weighted by atomic mass is 32.2. The van der Waals surface area contributed by atoms with Gasteiger partial charge in [0.15, 0.2) is 5.11 Å². The molecule has 2 fully saturated rings. The molecule has 10 heteroatoms. The van der Waals surface area contributed by atoms with Gasteiger partial charge in [-0.25, -0.2) is 8.42 Å². The van der Waals surface area contributed by atoms with E-state index in [0.717, 1.165) is 17.6 Å². The first-order chi connectivity index (χ1) is 18.2. The lowest BCUT2D eigenvalue weighted by Gasteiger charge is -2.30. The van der Waals surface area contributed by atoms with Gasteiger partial charge in [0.2, 0.25) is 10.0 Å². The maximum absolute atomic E-state index is 11.9. The van der Waals surface area contributed by atoms with Crippen LogP contribution in [0, 0.1) is 13.8 Å². The predicted molar refractivity (Wildman–Crippen MR) is 155 cm³/mol. The Morgan fingerprint density at radius 2 is 1.87 bits per heavy atom. The fourth-order valence-electron chi connectivity index (χ4n) is 6.07. The number of ether oxygens (including phenoxy) is 1. The van der Waals surface area contributed by atoms with Crippen molar-refractivity contribution in [3.63, 3.8) is 0 Å². The number of thiocarbonyl (C=S) groups is 1. The van der Waals surface area contributed by atoms with E-state index in [0.29, 0.717) is 22.6 Å². The molecule has 0 radical (unpaired) electrons. The molecule has 1 saturated carbocycles. The van der Waals surface area contributed by atoms with Crippen molar-refractivity contribution in [3.8, 4) is 5.75 Å². The number of pyridine rings is 1. The number of hydrogen-bond donors (Lipinski definition) is 2. The Balaban J connectivity index is 1.62. The van der Waals surface area contributed by atoms with Gasteiger partial charge in [0, 0.05) is 35.4 Å². The third kappa shape index (κ3) is 5.11. The molecule has 5 rings (SSSR count). The van der Waals surface area contributed by atoms with Gasteiger partial charge in [0.1, 0.15) is 5.75 Å². The van der Waals surface area contributed by atoms with Gasteiger partial charge < -0.3 is 19.5 Å². The quantitative estimate of drug-likeness (QED) is 0.370. The van der Waals surface area contributed by atoms with E-state index in [9.17, 15) is 8.42 Å². The van der Waals surface area contributed by atoms with Gasteiger partial charge in [-0.1, -0.05) is 25.3 Å². The molecule has 3 heterocycles. The molecule has 0 bridgehead atoms. The molecule has 0 unspecified atom stereocenters. The lowest BCUT2D eigenvalue weighted by atomic mass is 9.94. The van der Waals surface area contributed by atoms with Crippen LogP contribution in [0.1, 0.15) is 72.9 Å². The first kappa shape index (κ1) is 26.5. The first-order valence-corrected chi connectivity index (χ1v) is 15.3. The fraction of sp³-hybridized carbons (Fsp3) is 0.429. The second kappa shape index (κ2) is 10.6. The van der Waals surface area contributed by atoms with Crippen LogP contribution >= 0.6 is 12.2 Å². The zero-order chi connectivity index (χ0) is 27.0. The van der Waals surface area contributed by atoms with E-state index in [2.05, 4.69) is 44.4 Å². The molecule has 1 aliphatic carbocycles. The summed E-state index contributed by atoms with van der Waals surface area (Å²) in [5.41, 5.74) is 5.81. The van der Waals surface area contributed by atoms with E-state index in [4.69, 9.17) is 17.0 Å². The molecular weight excluding hydrogens is 518 g/mol. The predicted octanol–water partition coefficient (Wildman–Crippen LogP) is 5.56. The summed E-state index contributed by atoms with van der Waals surface area (Å²) >= 11 is 5.91. The van der Waals surface area contributed by atoms with Crippen LogP contribution in [-0.4, -0.2) is 36.4 Å². The van der Waals surface area contributed by atoms with Gasteiger partial charge in [-0.2, -0.15) is 0 Å². The Kier molecular flexibility index (Phi) is 7.37. The first-order valence-electron chi connectivity index (χ1n) is 13.0. The largest absolute Gasteiger partial charge is 0.494 e. The van der Waals surface area contributed by atoms with E-state index < -0.39 is 10.0 Å². The van der Waals surface area contributed by atoms with E-state index in [1.807, 2.05) is 30.3 Å². The summed E-state index contributed by atoms with van der Waals surface area (Å²) in [6.07, 6.45) is 9.18. The van der Waals surface area contributed by atoms with Crippen molar-refractivity contribution in [2.24, 2.45) is 0 Å². The molecule has 2 aromatic heterocycles. The highest BCUT2D eigenvalue weighted by Gasteiger charge is 2.42. The van der Waals surface area contributed by atoms with Crippen LogP contribution < -0.4 is 19.7 Å². The Morgan fingerprint density at radius 1 is 1.11 bits per heavy atom. The topological polar surface area (TPSA) is 88.5 Å². The standard InChI is InChI=1S/C28H35N5O3S2/c1-18-16-22(19(2)32(18)20-10-6-5-7-11-20)27-26(24-12-8-9-15-29-24)30-28(37)33(27)21-13-14-23(25(17-21)36-3)31-38(4,34)35/h8-9,12-17,20,26-27,31H,5-7,10-11H2,1-4H3,(H,30,37)/t26-,27+/m0/s1. The van der Waals surface area contributed by atoms with Crippen LogP contribution in [0.15, 0.2) is 48.7 Å². The van der Waals surface area contributed by atoms with Gasteiger partial charge in [0.05, 0.1) is 36.8 Å². The monoisotopic (exact) mass is 553 g/mol. The molecule has 1 aromatic carbocycles. The molecular formula is C28H35N5O3S2. The van der Waals surface area contributed by atoms with Crippen LogP contribution in [0.5, 0.6) is 5.75 Å². The van der Waals surface area contributed by atoms with Crippen molar-refractivity contribution in [1.82, 2.24) is 14.9 Å². The van der Waals surface area contributed by atoms with E-state index >= 15 is 0 Å². The second-order valence-corrected chi connectivity index (χ2v) is 12.4. The number of rotatable bonds is 7. The van der Waals surface area contributed by atoms with Gasteiger partial charge in [-0.05, 0) is 74.8 Å². The molecule has 0 amide bonds. The van der Waals surface area contributed by atoms with Crippen molar-refractivity contribution >= 4 is 38.7 Å².